The van der Waals surface area contributed by atoms with Crippen LogP contribution in [0.2, 0.25) is 0 Å². The number of benzene rings is 9. The van der Waals surface area contributed by atoms with Gasteiger partial charge in [-0.05, 0) is 123 Å². The summed E-state index contributed by atoms with van der Waals surface area (Å²) >= 11 is 0. The van der Waals surface area contributed by atoms with Gasteiger partial charge in [-0.2, -0.15) is 0 Å². The third-order valence-corrected chi connectivity index (χ3v) is 13.4. The van der Waals surface area contributed by atoms with E-state index in [2.05, 4.69) is 234 Å². The van der Waals surface area contributed by atoms with Gasteiger partial charge >= 0.3 is 6.85 Å². The molecule has 0 fully saturated rings. The van der Waals surface area contributed by atoms with Crippen molar-refractivity contribution in [3.8, 4) is 22.3 Å². The molecule has 1 aliphatic carbocycles. The minimum Gasteiger partial charge on any atom is -0.376 e. The number of anilines is 8. The molecule has 0 unspecified atom stereocenters. The van der Waals surface area contributed by atoms with Crippen LogP contribution in [0.5, 0.6) is 0 Å². The Labute approximate surface area is 351 Å². The Bertz CT molecular complexity index is 3110. The lowest BCUT2D eigenvalue weighted by atomic mass is 9.42. The van der Waals surface area contributed by atoms with Crippen LogP contribution in [0, 0.1) is 6.92 Å². The van der Waals surface area contributed by atoms with Gasteiger partial charge in [0.05, 0.1) is 11.1 Å². The topological polar surface area (TPSA) is 9.72 Å². The molecule has 60 heavy (non-hydrogen) atoms. The van der Waals surface area contributed by atoms with Crippen molar-refractivity contribution in [2.24, 2.45) is 0 Å². The molecule has 280 valence electrons. The fourth-order valence-corrected chi connectivity index (χ4v) is 11.3. The lowest BCUT2D eigenvalue weighted by Gasteiger charge is -2.51. The van der Waals surface area contributed by atoms with Crippen molar-refractivity contribution in [2.45, 2.75) is 12.3 Å². The van der Waals surface area contributed by atoms with E-state index in [0.29, 0.717) is 0 Å². The van der Waals surface area contributed by atoms with Gasteiger partial charge in [0.2, 0.25) is 0 Å². The fraction of sp³-hybridized carbons (Fsp3) is 0.0357. The summed E-state index contributed by atoms with van der Waals surface area (Å²) in [6, 6.07) is 79.0. The van der Waals surface area contributed by atoms with Gasteiger partial charge in [0.15, 0.2) is 0 Å². The maximum atomic E-state index is 2.63. The number of aryl methyl sites for hydroxylation is 1. The first kappa shape index (κ1) is 33.4. The number of hydrogen-bond donors (Lipinski definition) is 0. The zero-order valence-electron chi connectivity index (χ0n) is 33.1. The van der Waals surface area contributed by atoms with Crippen molar-refractivity contribution < 1.29 is 0 Å². The van der Waals surface area contributed by atoms with Crippen LogP contribution in [0.25, 0.3) is 22.3 Å². The van der Waals surface area contributed by atoms with E-state index in [9.17, 15) is 0 Å². The number of hydrogen-bond acceptors (Lipinski definition) is 3. The summed E-state index contributed by atoms with van der Waals surface area (Å²) in [5, 5.41) is 0. The predicted molar refractivity (Wildman–Crippen MR) is 250 cm³/mol. The van der Waals surface area contributed by atoms with E-state index in [0.717, 1.165) is 22.7 Å². The van der Waals surface area contributed by atoms with Gasteiger partial charge in [-0.1, -0.05) is 152 Å². The second-order valence-corrected chi connectivity index (χ2v) is 16.5. The van der Waals surface area contributed by atoms with Crippen LogP contribution in [-0.2, 0) is 5.41 Å². The standard InChI is InChI=1S/C56H38BN3/c1-37-34-45-44-33-32-41(58(38-18-5-2-6-19-38)39-20-7-3-8-21-39)36-52(44)60(40-22-9-4-10-23-40)57-50-30-17-29-49-55(50)59(53(35-37)54(45)57)51-31-16-15-28-48(51)56(49)46-26-13-11-24-42(46)43-25-12-14-27-47(43)56/h2-36H,1H3. The molecule has 0 N–H and O–H groups in total. The highest BCUT2D eigenvalue weighted by Crippen LogP contribution is 2.64. The smallest absolute Gasteiger partial charge is 0.333 e. The Kier molecular flexibility index (Phi) is 6.95. The van der Waals surface area contributed by atoms with Gasteiger partial charge in [0.1, 0.15) is 0 Å². The van der Waals surface area contributed by atoms with Crippen LogP contribution in [0.1, 0.15) is 27.8 Å². The van der Waals surface area contributed by atoms with Crippen molar-refractivity contribution in [1.82, 2.24) is 0 Å². The molecule has 0 saturated heterocycles. The molecule has 1 spiro atoms. The number of rotatable bonds is 4. The summed E-state index contributed by atoms with van der Waals surface area (Å²) in [6.45, 7) is 2.17. The van der Waals surface area contributed by atoms with Crippen LogP contribution in [0.3, 0.4) is 0 Å². The summed E-state index contributed by atoms with van der Waals surface area (Å²) in [6.07, 6.45) is 0. The van der Waals surface area contributed by atoms with E-state index in [-0.39, 0.29) is 6.85 Å². The molecule has 4 heteroatoms. The number of nitrogens with zero attached hydrogens (tertiary/aromatic N) is 3. The molecule has 3 nitrogen and oxygen atoms in total. The zero-order valence-corrected chi connectivity index (χ0v) is 33.1. The first-order valence-electron chi connectivity index (χ1n) is 21.0. The molecular weight excluding hydrogens is 725 g/mol. The molecule has 13 rings (SSSR count). The highest BCUT2D eigenvalue weighted by molar-refractivity contribution is 6.93. The van der Waals surface area contributed by atoms with Crippen LogP contribution in [-0.4, -0.2) is 6.85 Å². The SMILES string of the molecule is Cc1cc2c3c(c1)N1c4ccccc4C4(c5ccccc5-c5ccccc54)c4cccc(c41)B3N(c1ccccc1)c1cc(N(c3ccccc3)c3ccccc3)ccc1-2. The molecule has 0 saturated carbocycles. The Morgan fingerprint density at radius 3 is 1.68 bits per heavy atom. The third kappa shape index (κ3) is 4.35. The molecule has 3 heterocycles. The van der Waals surface area contributed by atoms with Gasteiger partial charge in [-0.25, -0.2) is 0 Å². The number of para-hydroxylation sites is 5. The van der Waals surface area contributed by atoms with Crippen molar-refractivity contribution in [3.63, 3.8) is 0 Å². The van der Waals surface area contributed by atoms with Gasteiger partial charge in [0.25, 0.3) is 0 Å². The maximum absolute atomic E-state index is 2.63. The van der Waals surface area contributed by atoms with Gasteiger partial charge in [0, 0.05) is 45.4 Å². The Morgan fingerprint density at radius 1 is 0.417 bits per heavy atom. The largest absolute Gasteiger partial charge is 0.376 e. The van der Waals surface area contributed by atoms with Gasteiger partial charge < -0.3 is 14.6 Å². The summed E-state index contributed by atoms with van der Waals surface area (Å²) < 4.78 is 0. The zero-order chi connectivity index (χ0) is 39.5. The second kappa shape index (κ2) is 12.5. The van der Waals surface area contributed by atoms with Crippen molar-refractivity contribution in [1.29, 1.82) is 0 Å². The normalized spacial score (nSPS) is 14.1. The Hall–Kier alpha value is -7.56. The molecule has 0 bridgehead atoms. The van der Waals surface area contributed by atoms with E-state index in [1.165, 1.54) is 83.7 Å². The van der Waals surface area contributed by atoms with Crippen molar-refractivity contribution >= 4 is 63.3 Å². The lowest BCUT2D eigenvalue weighted by Crippen LogP contribution is -2.62. The minimum atomic E-state index is -0.487. The van der Waals surface area contributed by atoms with Crippen LogP contribution in [0.4, 0.5) is 45.5 Å². The predicted octanol–water partition coefficient (Wildman–Crippen LogP) is 12.8. The summed E-state index contributed by atoms with van der Waals surface area (Å²) in [5.41, 5.74) is 23.4. The first-order chi connectivity index (χ1) is 29.7. The Balaban J connectivity index is 1.13. The third-order valence-electron chi connectivity index (χ3n) is 13.4. The summed E-state index contributed by atoms with van der Waals surface area (Å²) in [5.74, 6) is 0. The highest BCUT2D eigenvalue weighted by atomic mass is 15.2. The van der Waals surface area contributed by atoms with Crippen molar-refractivity contribution in [3.05, 3.63) is 240 Å². The van der Waals surface area contributed by atoms with Crippen LogP contribution < -0.4 is 25.5 Å². The van der Waals surface area contributed by atoms with Gasteiger partial charge in [-0.3, -0.25) is 0 Å². The first-order valence-corrected chi connectivity index (χ1v) is 21.0. The second-order valence-electron chi connectivity index (χ2n) is 16.5. The fourth-order valence-electron chi connectivity index (χ4n) is 11.3. The van der Waals surface area contributed by atoms with Gasteiger partial charge in [-0.15, -0.1) is 0 Å². The molecule has 3 aliphatic heterocycles. The Morgan fingerprint density at radius 2 is 1.00 bits per heavy atom. The molecule has 4 aliphatic rings. The highest BCUT2D eigenvalue weighted by Gasteiger charge is 2.55. The molecule has 0 atom stereocenters. The molecule has 9 aromatic rings. The minimum absolute atomic E-state index is 0.0944. The van der Waals surface area contributed by atoms with E-state index < -0.39 is 5.41 Å². The molecule has 0 radical (unpaired) electrons. The van der Waals surface area contributed by atoms with Crippen LogP contribution in [0.15, 0.2) is 212 Å². The maximum Gasteiger partial charge on any atom is 0.333 e. The van der Waals surface area contributed by atoms with E-state index in [1.807, 2.05) is 0 Å². The monoisotopic (exact) mass is 763 g/mol. The van der Waals surface area contributed by atoms with Crippen LogP contribution >= 0.6 is 0 Å². The van der Waals surface area contributed by atoms with E-state index >= 15 is 0 Å². The quantitative estimate of drug-likeness (QED) is 0.165. The van der Waals surface area contributed by atoms with E-state index in [1.54, 1.807) is 0 Å². The molecule has 9 aromatic carbocycles. The van der Waals surface area contributed by atoms with E-state index in [4.69, 9.17) is 0 Å². The molecular formula is C56H38BN3. The molecule has 0 amide bonds. The molecule has 0 aromatic heterocycles. The number of fused-ring (bicyclic) bond motifs is 13. The van der Waals surface area contributed by atoms with Crippen molar-refractivity contribution in [2.75, 3.05) is 14.6 Å². The average Bonchev–Trinajstić information content (AvgIpc) is 3.60. The summed E-state index contributed by atoms with van der Waals surface area (Å²) in [7, 11) is 0. The summed E-state index contributed by atoms with van der Waals surface area (Å²) in [4.78, 5) is 7.63. The average molecular weight is 764 g/mol. The lowest BCUT2D eigenvalue weighted by molar-refractivity contribution is 0.753.